The number of aliphatic hydroxyl groups excluding tert-OH is 1. The van der Waals surface area contributed by atoms with Crippen LogP contribution in [0.5, 0.6) is 0 Å². The summed E-state index contributed by atoms with van der Waals surface area (Å²) in [6, 6.07) is 9.37. The minimum absolute atomic E-state index is 0.302. The maximum atomic E-state index is 10.9. The number of hydrogen-bond donors (Lipinski definition) is 1. The molecule has 0 bridgehead atoms. The van der Waals surface area contributed by atoms with Gasteiger partial charge in [-0.15, -0.1) is 0 Å². The SMILES string of the molecule is CC1CCC(C)N(C2CCCc3ccccc3C2O)C1. The maximum Gasteiger partial charge on any atom is 0.0947 e. The van der Waals surface area contributed by atoms with Crippen molar-refractivity contribution in [1.82, 2.24) is 4.90 Å². The van der Waals surface area contributed by atoms with Crippen LogP contribution >= 0.6 is 0 Å². The molecular weight excluding hydrogens is 246 g/mol. The van der Waals surface area contributed by atoms with Crippen molar-refractivity contribution in [2.24, 2.45) is 5.92 Å². The lowest BCUT2D eigenvalue weighted by Gasteiger charge is -2.43. The van der Waals surface area contributed by atoms with Crippen LogP contribution in [0.15, 0.2) is 24.3 Å². The maximum absolute atomic E-state index is 10.9. The fourth-order valence-electron chi connectivity index (χ4n) is 4.05. The third kappa shape index (κ3) is 2.64. The number of piperidine rings is 1. The number of hydrogen-bond acceptors (Lipinski definition) is 2. The molecule has 1 fully saturated rings. The first-order valence-corrected chi connectivity index (χ1v) is 8.18. The van der Waals surface area contributed by atoms with Crippen molar-refractivity contribution in [3.8, 4) is 0 Å². The van der Waals surface area contributed by atoms with Crippen LogP contribution in [0.2, 0.25) is 0 Å². The van der Waals surface area contributed by atoms with Crippen molar-refractivity contribution in [2.45, 2.75) is 64.1 Å². The average molecular weight is 273 g/mol. The number of rotatable bonds is 1. The number of benzene rings is 1. The molecule has 0 spiro atoms. The monoisotopic (exact) mass is 273 g/mol. The highest BCUT2D eigenvalue weighted by molar-refractivity contribution is 5.31. The molecule has 0 amide bonds. The van der Waals surface area contributed by atoms with Gasteiger partial charge in [-0.05, 0) is 56.1 Å². The van der Waals surface area contributed by atoms with Crippen LogP contribution in [0.4, 0.5) is 0 Å². The van der Waals surface area contributed by atoms with Crippen LogP contribution in [0.1, 0.15) is 56.8 Å². The first-order chi connectivity index (χ1) is 9.66. The summed E-state index contributed by atoms with van der Waals surface area (Å²) in [6.45, 7) is 5.82. The summed E-state index contributed by atoms with van der Waals surface area (Å²) in [5.74, 6) is 0.761. The van der Waals surface area contributed by atoms with E-state index in [4.69, 9.17) is 0 Å². The Hall–Kier alpha value is -0.860. The summed E-state index contributed by atoms with van der Waals surface area (Å²) >= 11 is 0. The third-order valence-corrected chi connectivity index (χ3v) is 5.28. The molecule has 0 aromatic heterocycles. The van der Waals surface area contributed by atoms with Gasteiger partial charge in [0, 0.05) is 18.6 Å². The fourth-order valence-corrected chi connectivity index (χ4v) is 4.05. The smallest absolute Gasteiger partial charge is 0.0947 e. The first-order valence-electron chi connectivity index (χ1n) is 8.18. The Labute approximate surface area is 122 Å². The van der Waals surface area contributed by atoms with E-state index in [-0.39, 0.29) is 6.10 Å². The van der Waals surface area contributed by atoms with E-state index in [0.29, 0.717) is 12.1 Å². The summed E-state index contributed by atoms with van der Waals surface area (Å²) in [4.78, 5) is 2.58. The number of aryl methyl sites for hydroxylation is 1. The van der Waals surface area contributed by atoms with Crippen LogP contribution in [0.3, 0.4) is 0 Å². The van der Waals surface area contributed by atoms with Gasteiger partial charge in [-0.2, -0.15) is 0 Å². The molecular formula is C18H27NO. The summed E-state index contributed by atoms with van der Waals surface area (Å²) in [5, 5.41) is 10.9. The van der Waals surface area contributed by atoms with E-state index in [1.807, 2.05) is 0 Å². The van der Waals surface area contributed by atoms with E-state index >= 15 is 0 Å². The molecule has 1 aliphatic carbocycles. The van der Waals surface area contributed by atoms with Gasteiger partial charge in [-0.1, -0.05) is 31.2 Å². The number of nitrogens with zero attached hydrogens (tertiary/aromatic N) is 1. The second-order valence-electron chi connectivity index (χ2n) is 6.83. The van der Waals surface area contributed by atoms with E-state index < -0.39 is 0 Å². The molecule has 2 heteroatoms. The van der Waals surface area contributed by atoms with Crippen LogP contribution in [0.25, 0.3) is 0 Å². The van der Waals surface area contributed by atoms with E-state index in [9.17, 15) is 5.11 Å². The van der Waals surface area contributed by atoms with Crippen LogP contribution in [0, 0.1) is 5.92 Å². The fraction of sp³-hybridized carbons (Fsp3) is 0.667. The molecule has 1 saturated heterocycles. The molecule has 1 N–H and O–H groups in total. The first kappa shape index (κ1) is 14.1. The van der Waals surface area contributed by atoms with E-state index in [0.717, 1.165) is 25.3 Å². The second-order valence-corrected chi connectivity index (χ2v) is 6.83. The zero-order chi connectivity index (χ0) is 14.1. The lowest BCUT2D eigenvalue weighted by atomic mass is 9.90. The van der Waals surface area contributed by atoms with Crippen molar-refractivity contribution in [1.29, 1.82) is 0 Å². The van der Waals surface area contributed by atoms with Crippen molar-refractivity contribution in [2.75, 3.05) is 6.54 Å². The van der Waals surface area contributed by atoms with Gasteiger partial charge in [0.15, 0.2) is 0 Å². The molecule has 4 atom stereocenters. The second kappa shape index (κ2) is 5.87. The van der Waals surface area contributed by atoms with Gasteiger partial charge >= 0.3 is 0 Å². The number of likely N-dealkylation sites (tertiary alicyclic amines) is 1. The van der Waals surface area contributed by atoms with Gasteiger partial charge in [-0.3, -0.25) is 4.90 Å². The van der Waals surface area contributed by atoms with Crippen molar-refractivity contribution in [3.63, 3.8) is 0 Å². The molecule has 2 aliphatic rings. The molecule has 1 aliphatic heterocycles. The van der Waals surface area contributed by atoms with E-state index in [1.54, 1.807) is 0 Å². The van der Waals surface area contributed by atoms with Crippen LogP contribution in [-0.2, 0) is 6.42 Å². The molecule has 2 nitrogen and oxygen atoms in total. The van der Waals surface area contributed by atoms with Gasteiger partial charge in [0.2, 0.25) is 0 Å². The van der Waals surface area contributed by atoms with Crippen molar-refractivity contribution in [3.05, 3.63) is 35.4 Å². The number of fused-ring (bicyclic) bond motifs is 1. The normalized spacial score (nSPS) is 35.4. The molecule has 3 rings (SSSR count). The van der Waals surface area contributed by atoms with Gasteiger partial charge in [0.25, 0.3) is 0 Å². The van der Waals surface area contributed by atoms with Crippen molar-refractivity contribution < 1.29 is 5.11 Å². The van der Waals surface area contributed by atoms with Gasteiger partial charge in [0.05, 0.1) is 6.10 Å². The van der Waals surface area contributed by atoms with E-state index in [2.05, 4.69) is 43.0 Å². The quantitative estimate of drug-likeness (QED) is 0.791. The molecule has 1 aromatic rings. The molecule has 0 saturated carbocycles. The highest BCUT2D eigenvalue weighted by atomic mass is 16.3. The van der Waals surface area contributed by atoms with E-state index in [1.165, 1.54) is 30.4 Å². The zero-order valence-electron chi connectivity index (χ0n) is 12.8. The minimum Gasteiger partial charge on any atom is -0.387 e. The minimum atomic E-state index is -0.318. The summed E-state index contributed by atoms with van der Waals surface area (Å²) < 4.78 is 0. The predicted molar refractivity (Wildman–Crippen MR) is 82.7 cm³/mol. The Bertz CT molecular complexity index is 458. The Morgan fingerprint density at radius 2 is 1.90 bits per heavy atom. The van der Waals surface area contributed by atoms with Gasteiger partial charge < -0.3 is 5.11 Å². The standard InChI is InChI=1S/C18H27NO/c1-13-10-11-14(2)19(12-13)17-9-5-7-15-6-3-4-8-16(15)18(17)20/h3-4,6,8,13-14,17-18,20H,5,7,9-12H2,1-2H3. The Morgan fingerprint density at radius 3 is 2.75 bits per heavy atom. The lowest BCUT2D eigenvalue weighted by molar-refractivity contribution is -0.00415. The summed E-state index contributed by atoms with van der Waals surface area (Å²) in [7, 11) is 0. The highest BCUT2D eigenvalue weighted by Crippen LogP contribution is 2.35. The summed E-state index contributed by atoms with van der Waals surface area (Å²) in [5.41, 5.74) is 2.51. The van der Waals surface area contributed by atoms with Crippen LogP contribution < -0.4 is 0 Å². The molecule has 0 radical (unpaired) electrons. The molecule has 1 heterocycles. The Kier molecular flexibility index (Phi) is 4.13. The topological polar surface area (TPSA) is 23.5 Å². The highest BCUT2D eigenvalue weighted by Gasteiger charge is 2.35. The van der Waals surface area contributed by atoms with Gasteiger partial charge in [-0.25, -0.2) is 0 Å². The van der Waals surface area contributed by atoms with Crippen LogP contribution in [-0.4, -0.2) is 28.6 Å². The molecule has 110 valence electrons. The molecule has 1 aromatic carbocycles. The lowest BCUT2D eigenvalue weighted by Crippen LogP contribution is -2.49. The van der Waals surface area contributed by atoms with Crippen molar-refractivity contribution >= 4 is 0 Å². The average Bonchev–Trinajstić information content (AvgIpc) is 2.62. The Morgan fingerprint density at radius 1 is 1.10 bits per heavy atom. The number of aliphatic hydroxyl groups is 1. The van der Waals surface area contributed by atoms with Gasteiger partial charge in [0.1, 0.15) is 0 Å². The summed E-state index contributed by atoms with van der Waals surface area (Å²) in [6.07, 6.45) is 5.70. The zero-order valence-corrected chi connectivity index (χ0v) is 12.8. The Balaban J connectivity index is 1.86. The predicted octanol–water partition coefficient (Wildman–Crippen LogP) is 3.55. The largest absolute Gasteiger partial charge is 0.387 e. The molecule has 4 unspecified atom stereocenters. The third-order valence-electron chi connectivity index (χ3n) is 5.28. The molecule has 20 heavy (non-hydrogen) atoms.